The molecule has 2 aromatic rings. The molecule has 0 radical (unpaired) electrons. The smallest absolute Gasteiger partial charge is 0.292 e. The minimum absolute atomic E-state index is 0.0738. The fourth-order valence-corrected chi connectivity index (χ4v) is 3.65. The third-order valence-corrected chi connectivity index (χ3v) is 5.05. The van der Waals surface area contributed by atoms with Gasteiger partial charge in [-0.05, 0) is 54.7 Å². The average molecular weight is 341 g/mol. The molecule has 134 valence electrons. The Morgan fingerprint density at radius 1 is 1.04 bits per heavy atom. The van der Waals surface area contributed by atoms with E-state index in [-0.39, 0.29) is 5.41 Å². The lowest BCUT2D eigenvalue weighted by Gasteiger charge is -2.39. The maximum Gasteiger partial charge on any atom is 0.292 e. The summed E-state index contributed by atoms with van der Waals surface area (Å²) in [6.45, 7) is 2.45. The molecule has 0 aliphatic heterocycles. The molecule has 4 nitrogen and oxygen atoms in total. The van der Waals surface area contributed by atoms with Crippen molar-refractivity contribution in [2.75, 3.05) is 12.8 Å². The molecule has 1 saturated carbocycles. The summed E-state index contributed by atoms with van der Waals surface area (Å²) >= 11 is 0. The number of carbonyl (C=O) groups is 1. The molecule has 0 amide bonds. The number of ether oxygens (including phenoxy) is 1. The molecule has 0 unspecified atom stereocenters. The number of phenolic OH excluding ortho intramolecular Hbond substituents is 1. The van der Waals surface area contributed by atoms with Crippen molar-refractivity contribution in [1.29, 1.82) is 0 Å². The Hall–Kier alpha value is -2.49. The quantitative estimate of drug-likeness (QED) is 0.644. The van der Waals surface area contributed by atoms with E-state index in [1.807, 2.05) is 6.07 Å². The molecule has 3 N–H and O–H groups in total. The first-order valence-electron chi connectivity index (χ1n) is 8.66. The van der Waals surface area contributed by atoms with Crippen LogP contribution < -0.4 is 5.73 Å². The molecule has 3 rings (SSSR count). The number of anilines is 1. The van der Waals surface area contributed by atoms with Crippen LogP contribution in [0.3, 0.4) is 0 Å². The van der Waals surface area contributed by atoms with Crippen molar-refractivity contribution in [2.24, 2.45) is 0 Å². The summed E-state index contributed by atoms with van der Waals surface area (Å²) in [6.07, 6.45) is 6.16. The van der Waals surface area contributed by atoms with Gasteiger partial charge in [0.15, 0.2) is 0 Å². The van der Waals surface area contributed by atoms with Gasteiger partial charge in [0.1, 0.15) is 5.75 Å². The first kappa shape index (κ1) is 18.8. The molecule has 0 aromatic heterocycles. The lowest BCUT2D eigenvalue weighted by molar-refractivity contribution is -0.126. The van der Waals surface area contributed by atoms with E-state index in [4.69, 9.17) is 10.5 Å². The van der Waals surface area contributed by atoms with Crippen LogP contribution in [-0.2, 0) is 14.9 Å². The van der Waals surface area contributed by atoms with Gasteiger partial charge in [0.25, 0.3) is 6.47 Å². The molecule has 0 bridgehead atoms. The SMILES string of the molecule is COC=O.Cc1cc(C2(c3ccc(O)cc3)CCCCC2)ccc1N. The van der Waals surface area contributed by atoms with Gasteiger partial charge < -0.3 is 15.6 Å². The lowest BCUT2D eigenvalue weighted by atomic mass is 9.65. The minimum Gasteiger partial charge on any atom is -0.508 e. The maximum absolute atomic E-state index is 9.57. The number of hydrogen-bond acceptors (Lipinski definition) is 4. The van der Waals surface area contributed by atoms with Gasteiger partial charge in [0.05, 0.1) is 7.11 Å². The van der Waals surface area contributed by atoms with E-state index in [9.17, 15) is 5.11 Å². The second-order valence-corrected chi connectivity index (χ2v) is 6.59. The van der Waals surface area contributed by atoms with Crippen molar-refractivity contribution in [1.82, 2.24) is 0 Å². The number of methoxy groups -OCH3 is 1. The Bertz CT molecular complexity index is 689. The maximum atomic E-state index is 9.57. The van der Waals surface area contributed by atoms with Crippen LogP contribution in [0.4, 0.5) is 5.69 Å². The van der Waals surface area contributed by atoms with Gasteiger partial charge in [-0.1, -0.05) is 43.5 Å². The van der Waals surface area contributed by atoms with Crippen molar-refractivity contribution in [3.05, 3.63) is 59.2 Å². The largest absolute Gasteiger partial charge is 0.508 e. The Morgan fingerprint density at radius 2 is 1.60 bits per heavy atom. The molecule has 0 atom stereocenters. The summed E-state index contributed by atoms with van der Waals surface area (Å²) in [5.41, 5.74) is 10.7. The second-order valence-electron chi connectivity index (χ2n) is 6.59. The van der Waals surface area contributed by atoms with Gasteiger partial charge in [0.2, 0.25) is 0 Å². The van der Waals surface area contributed by atoms with Crippen LogP contribution in [0.1, 0.15) is 48.8 Å². The highest BCUT2D eigenvalue weighted by atomic mass is 16.5. The molecular formula is C21H27NO3. The standard InChI is InChI=1S/C19H23NO.C2H4O2/c1-14-13-16(7-10-18(14)20)19(11-3-2-4-12-19)15-5-8-17(21)9-6-15;1-4-2-3/h5-10,13,21H,2-4,11-12,20H2,1H3;2H,1H3. The van der Waals surface area contributed by atoms with E-state index in [0.29, 0.717) is 12.2 Å². The van der Waals surface area contributed by atoms with Gasteiger partial charge in [0, 0.05) is 11.1 Å². The molecule has 2 aromatic carbocycles. The van der Waals surface area contributed by atoms with E-state index < -0.39 is 0 Å². The molecule has 1 aliphatic rings. The third-order valence-electron chi connectivity index (χ3n) is 5.05. The molecule has 1 aliphatic carbocycles. The number of phenols is 1. The molecule has 0 spiro atoms. The number of nitrogen functional groups attached to an aromatic ring is 1. The van der Waals surface area contributed by atoms with E-state index in [1.165, 1.54) is 50.3 Å². The second kappa shape index (κ2) is 8.56. The number of aryl methyl sites for hydroxylation is 1. The zero-order chi connectivity index (χ0) is 18.3. The third kappa shape index (κ3) is 4.32. The van der Waals surface area contributed by atoms with Crippen molar-refractivity contribution in [3.8, 4) is 5.75 Å². The van der Waals surface area contributed by atoms with Gasteiger partial charge >= 0.3 is 0 Å². The molecule has 4 heteroatoms. The minimum atomic E-state index is 0.0738. The van der Waals surface area contributed by atoms with E-state index >= 15 is 0 Å². The van der Waals surface area contributed by atoms with Crippen molar-refractivity contribution < 1.29 is 14.6 Å². The average Bonchev–Trinajstić information content (AvgIpc) is 2.65. The molecule has 1 fully saturated rings. The molecule has 0 heterocycles. The first-order valence-corrected chi connectivity index (χ1v) is 8.66. The normalized spacial score (nSPS) is 15.6. The van der Waals surface area contributed by atoms with Crippen molar-refractivity contribution >= 4 is 12.2 Å². The summed E-state index contributed by atoms with van der Waals surface area (Å²) in [6, 6.07) is 14.2. The van der Waals surface area contributed by atoms with Crippen LogP contribution >= 0.6 is 0 Å². The zero-order valence-electron chi connectivity index (χ0n) is 15.0. The molecule has 25 heavy (non-hydrogen) atoms. The van der Waals surface area contributed by atoms with Gasteiger partial charge in [-0.3, -0.25) is 4.79 Å². The van der Waals surface area contributed by atoms with Crippen LogP contribution in [0.25, 0.3) is 0 Å². The summed E-state index contributed by atoms with van der Waals surface area (Å²) in [7, 11) is 1.31. The fraction of sp³-hybridized carbons (Fsp3) is 0.381. The topological polar surface area (TPSA) is 72.5 Å². The van der Waals surface area contributed by atoms with Crippen LogP contribution in [0.2, 0.25) is 0 Å². The molecular weight excluding hydrogens is 314 g/mol. The summed E-state index contributed by atoms with van der Waals surface area (Å²) in [5, 5.41) is 9.57. The van der Waals surface area contributed by atoms with Crippen LogP contribution in [0.15, 0.2) is 42.5 Å². The van der Waals surface area contributed by atoms with Crippen LogP contribution in [0.5, 0.6) is 5.75 Å². The van der Waals surface area contributed by atoms with E-state index in [1.54, 1.807) is 12.1 Å². The number of benzene rings is 2. The predicted molar refractivity (Wildman–Crippen MR) is 101 cm³/mol. The van der Waals surface area contributed by atoms with Crippen LogP contribution in [-0.4, -0.2) is 18.7 Å². The van der Waals surface area contributed by atoms with Gasteiger partial charge in [-0.2, -0.15) is 0 Å². The van der Waals surface area contributed by atoms with Crippen molar-refractivity contribution in [2.45, 2.75) is 44.4 Å². The van der Waals surface area contributed by atoms with Crippen molar-refractivity contribution in [3.63, 3.8) is 0 Å². The molecule has 0 saturated heterocycles. The number of nitrogens with two attached hydrogens (primary N) is 1. The number of hydrogen-bond donors (Lipinski definition) is 2. The summed E-state index contributed by atoms with van der Waals surface area (Å²) in [5.74, 6) is 0.332. The highest BCUT2D eigenvalue weighted by Gasteiger charge is 2.35. The monoisotopic (exact) mass is 341 g/mol. The predicted octanol–water partition coefficient (Wildman–Crippen LogP) is 4.32. The van der Waals surface area contributed by atoms with Crippen LogP contribution in [0, 0.1) is 6.92 Å². The Morgan fingerprint density at radius 3 is 2.12 bits per heavy atom. The summed E-state index contributed by atoms with van der Waals surface area (Å²) < 4.78 is 3.86. The highest BCUT2D eigenvalue weighted by Crippen LogP contribution is 2.45. The Balaban J connectivity index is 0.000000511. The van der Waals surface area contributed by atoms with Gasteiger partial charge in [-0.25, -0.2) is 0 Å². The Kier molecular flexibility index (Phi) is 6.45. The number of aromatic hydroxyl groups is 1. The Labute approximate surface area is 149 Å². The number of carbonyl (C=O) groups excluding carboxylic acids is 1. The van der Waals surface area contributed by atoms with E-state index in [0.717, 1.165) is 11.3 Å². The van der Waals surface area contributed by atoms with Gasteiger partial charge in [-0.15, -0.1) is 0 Å². The highest BCUT2D eigenvalue weighted by molar-refractivity contribution is 5.52. The summed E-state index contributed by atoms with van der Waals surface area (Å²) in [4.78, 5) is 8.95. The zero-order valence-corrected chi connectivity index (χ0v) is 15.0. The van der Waals surface area contributed by atoms with E-state index in [2.05, 4.69) is 35.9 Å². The fourth-order valence-electron chi connectivity index (χ4n) is 3.65. The lowest BCUT2D eigenvalue weighted by Crippen LogP contribution is -2.30. The number of rotatable bonds is 3. The first-order chi connectivity index (χ1) is 12.0.